The van der Waals surface area contributed by atoms with E-state index in [1.165, 1.54) is 5.56 Å². The molecule has 0 N–H and O–H groups in total. The van der Waals surface area contributed by atoms with Crippen LogP contribution in [-0.4, -0.2) is 11.5 Å². The summed E-state index contributed by atoms with van der Waals surface area (Å²) in [5.41, 5.74) is 1.19. The van der Waals surface area contributed by atoms with E-state index in [4.69, 9.17) is 39.5 Å². The van der Waals surface area contributed by atoms with Crippen molar-refractivity contribution in [2.24, 2.45) is 0 Å². The Kier molecular flexibility index (Phi) is 7.61. The normalized spacial score (nSPS) is 14.6. The van der Waals surface area contributed by atoms with E-state index in [1.807, 2.05) is 25.1 Å². The molecule has 0 saturated carbocycles. The van der Waals surface area contributed by atoms with E-state index in [2.05, 4.69) is 12.1 Å². The van der Waals surface area contributed by atoms with Crippen molar-refractivity contribution < 1.29 is 9.53 Å². The van der Waals surface area contributed by atoms with E-state index in [-0.39, 0.29) is 0 Å². The Morgan fingerprint density at radius 1 is 1.12 bits per heavy atom. The lowest BCUT2D eigenvalue weighted by atomic mass is 9.95. The maximum absolute atomic E-state index is 12.6. The number of esters is 1. The van der Waals surface area contributed by atoms with Crippen LogP contribution in [0, 0.1) is 0 Å². The second-order valence-electron chi connectivity index (χ2n) is 5.85. The van der Waals surface area contributed by atoms with Crippen LogP contribution in [0.4, 0.5) is 0 Å². The average Bonchev–Trinajstić information content (AvgIpc) is 2.62. The first-order valence-electron chi connectivity index (χ1n) is 8.29. The summed E-state index contributed by atoms with van der Waals surface area (Å²) < 4.78 is 5.39. The molecule has 2 unspecified atom stereocenters. The number of ether oxygens (including phenoxy) is 1. The Morgan fingerprint density at radius 2 is 1.76 bits per heavy atom. The highest BCUT2D eigenvalue weighted by Gasteiger charge is 2.39. The van der Waals surface area contributed by atoms with Gasteiger partial charge in [-0.25, -0.2) is 4.79 Å². The third kappa shape index (κ3) is 5.64. The molecule has 0 amide bonds. The molecule has 5 heteroatoms. The van der Waals surface area contributed by atoms with Crippen molar-refractivity contribution in [3.05, 3.63) is 70.7 Å². The SMILES string of the molecule is CCC(Cl)(C(=O)OC(Cl)CCCc1ccccc1)c1ccc(Cl)cc1. The molecule has 2 aromatic rings. The zero-order chi connectivity index (χ0) is 18.3. The van der Waals surface area contributed by atoms with Crippen molar-refractivity contribution in [2.45, 2.75) is 43.0 Å². The second kappa shape index (κ2) is 9.47. The molecular formula is C20H21Cl3O2. The van der Waals surface area contributed by atoms with Gasteiger partial charge < -0.3 is 4.74 Å². The Morgan fingerprint density at radius 3 is 2.36 bits per heavy atom. The number of rotatable bonds is 8. The van der Waals surface area contributed by atoms with Gasteiger partial charge in [-0.05, 0) is 48.9 Å². The van der Waals surface area contributed by atoms with Crippen molar-refractivity contribution in [2.75, 3.05) is 0 Å². The first-order chi connectivity index (χ1) is 12.0. The van der Waals surface area contributed by atoms with Gasteiger partial charge in [0.1, 0.15) is 0 Å². The summed E-state index contributed by atoms with van der Waals surface area (Å²) in [4.78, 5) is 11.3. The standard InChI is InChI=1S/C20H21Cl3O2/c1-2-20(23,16-11-13-17(21)14-12-16)19(24)25-18(22)10-6-9-15-7-4-3-5-8-15/h3-5,7-8,11-14,18H,2,6,9-10H2,1H3. The van der Waals surface area contributed by atoms with Gasteiger partial charge in [0, 0.05) is 5.02 Å². The fraction of sp³-hybridized carbons (Fsp3) is 0.350. The highest BCUT2D eigenvalue weighted by molar-refractivity contribution is 6.34. The summed E-state index contributed by atoms with van der Waals surface area (Å²) in [6, 6.07) is 17.0. The quantitative estimate of drug-likeness (QED) is 0.384. The Balaban J connectivity index is 1.90. The fourth-order valence-electron chi connectivity index (χ4n) is 2.56. The van der Waals surface area contributed by atoms with Crippen molar-refractivity contribution >= 4 is 40.8 Å². The number of alkyl halides is 2. The van der Waals surface area contributed by atoms with Gasteiger partial charge in [-0.1, -0.05) is 72.6 Å². The Labute approximate surface area is 164 Å². The summed E-state index contributed by atoms with van der Waals surface area (Å²) in [6.45, 7) is 1.83. The number of hydrogen-bond donors (Lipinski definition) is 0. The summed E-state index contributed by atoms with van der Waals surface area (Å²) >= 11 is 18.6. The second-order valence-corrected chi connectivity index (χ2v) is 7.42. The van der Waals surface area contributed by atoms with Gasteiger partial charge >= 0.3 is 5.97 Å². The minimum absolute atomic E-state index is 0.392. The molecule has 0 spiro atoms. The van der Waals surface area contributed by atoms with E-state index in [0.29, 0.717) is 23.4 Å². The summed E-state index contributed by atoms with van der Waals surface area (Å²) in [7, 11) is 0. The molecule has 0 fully saturated rings. The van der Waals surface area contributed by atoms with E-state index < -0.39 is 16.4 Å². The molecule has 0 aliphatic carbocycles. The first-order valence-corrected chi connectivity index (χ1v) is 9.49. The topological polar surface area (TPSA) is 26.3 Å². The highest BCUT2D eigenvalue weighted by atomic mass is 35.5. The minimum Gasteiger partial charge on any atom is -0.444 e. The third-order valence-electron chi connectivity index (χ3n) is 4.09. The largest absolute Gasteiger partial charge is 0.444 e. The van der Waals surface area contributed by atoms with Crippen LogP contribution in [0.3, 0.4) is 0 Å². The van der Waals surface area contributed by atoms with Gasteiger partial charge in [0.15, 0.2) is 10.4 Å². The Hall–Kier alpha value is -1.22. The molecule has 2 atom stereocenters. The van der Waals surface area contributed by atoms with Crippen LogP contribution in [0.1, 0.15) is 37.3 Å². The van der Waals surface area contributed by atoms with E-state index >= 15 is 0 Å². The Bertz CT molecular complexity index is 673. The molecule has 0 aliphatic heterocycles. The fourth-order valence-corrected chi connectivity index (χ4v) is 3.09. The summed E-state index contributed by atoms with van der Waals surface area (Å²) in [5, 5.41) is 0.586. The predicted molar refractivity (Wildman–Crippen MR) is 104 cm³/mol. The smallest absolute Gasteiger partial charge is 0.333 e. The predicted octanol–water partition coefficient (Wildman–Crippen LogP) is 6.32. The van der Waals surface area contributed by atoms with E-state index in [1.54, 1.807) is 24.3 Å². The van der Waals surface area contributed by atoms with E-state index in [9.17, 15) is 4.79 Å². The average molecular weight is 400 g/mol. The van der Waals surface area contributed by atoms with Crippen molar-refractivity contribution in [1.29, 1.82) is 0 Å². The van der Waals surface area contributed by atoms with Crippen LogP contribution < -0.4 is 0 Å². The molecule has 0 aliphatic rings. The van der Waals surface area contributed by atoms with Gasteiger partial charge in [-0.3, -0.25) is 0 Å². The number of halogens is 3. The molecule has 2 rings (SSSR count). The van der Waals surface area contributed by atoms with E-state index in [0.717, 1.165) is 12.8 Å². The number of benzene rings is 2. The molecule has 0 radical (unpaired) electrons. The molecule has 0 aromatic heterocycles. The van der Waals surface area contributed by atoms with Crippen LogP contribution in [0.25, 0.3) is 0 Å². The van der Waals surface area contributed by atoms with Crippen LogP contribution in [0.15, 0.2) is 54.6 Å². The van der Waals surface area contributed by atoms with Crippen LogP contribution in [0.5, 0.6) is 0 Å². The monoisotopic (exact) mass is 398 g/mol. The van der Waals surface area contributed by atoms with Crippen molar-refractivity contribution in [3.63, 3.8) is 0 Å². The molecular weight excluding hydrogens is 379 g/mol. The number of carbonyl (C=O) groups is 1. The van der Waals surface area contributed by atoms with Crippen LogP contribution in [0.2, 0.25) is 5.02 Å². The van der Waals surface area contributed by atoms with Gasteiger partial charge in [0.25, 0.3) is 0 Å². The molecule has 134 valence electrons. The summed E-state index contributed by atoms with van der Waals surface area (Å²) in [6.07, 6.45) is 2.68. The molecule has 0 heterocycles. The number of carbonyl (C=O) groups excluding carboxylic acids is 1. The third-order valence-corrected chi connectivity index (χ3v) is 5.29. The van der Waals surface area contributed by atoms with Gasteiger partial charge in [0.2, 0.25) is 0 Å². The lowest BCUT2D eigenvalue weighted by molar-refractivity contribution is -0.149. The molecule has 0 bridgehead atoms. The zero-order valence-corrected chi connectivity index (χ0v) is 16.3. The minimum atomic E-state index is -1.25. The van der Waals surface area contributed by atoms with Gasteiger partial charge in [-0.2, -0.15) is 0 Å². The molecule has 25 heavy (non-hydrogen) atoms. The zero-order valence-electron chi connectivity index (χ0n) is 14.1. The van der Waals surface area contributed by atoms with Gasteiger partial charge in [-0.15, -0.1) is 11.6 Å². The lowest BCUT2D eigenvalue weighted by Crippen LogP contribution is -2.33. The molecule has 2 nitrogen and oxygen atoms in total. The van der Waals surface area contributed by atoms with Crippen molar-refractivity contribution in [1.82, 2.24) is 0 Å². The van der Waals surface area contributed by atoms with Crippen LogP contribution in [-0.2, 0) is 20.8 Å². The first kappa shape index (κ1) is 20.1. The number of hydrogen-bond acceptors (Lipinski definition) is 2. The maximum Gasteiger partial charge on any atom is 0.333 e. The number of aryl methyl sites for hydroxylation is 1. The van der Waals surface area contributed by atoms with Crippen LogP contribution >= 0.6 is 34.8 Å². The van der Waals surface area contributed by atoms with Crippen molar-refractivity contribution in [3.8, 4) is 0 Å². The maximum atomic E-state index is 12.6. The summed E-state index contributed by atoms with van der Waals surface area (Å²) in [5.74, 6) is -0.529. The van der Waals surface area contributed by atoms with Gasteiger partial charge in [0.05, 0.1) is 0 Å². The molecule has 0 saturated heterocycles. The molecule has 2 aromatic carbocycles. The highest BCUT2D eigenvalue weighted by Crippen LogP contribution is 2.35. The lowest BCUT2D eigenvalue weighted by Gasteiger charge is -2.25.